The van der Waals surface area contributed by atoms with Gasteiger partial charge in [-0.25, -0.2) is 4.39 Å². The average Bonchev–Trinajstić information content (AvgIpc) is 2.29. The zero-order valence-electron chi connectivity index (χ0n) is 8.28. The van der Waals surface area contributed by atoms with Crippen LogP contribution in [0.2, 0.25) is 0 Å². The molecule has 0 radical (unpaired) electrons. The number of rotatable bonds is 2. The van der Waals surface area contributed by atoms with E-state index in [0.29, 0.717) is 5.56 Å². The largest absolute Gasteiger partial charge is 0.293 e. The zero-order valence-corrected chi connectivity index (χ0v) is 9.10. The van der Waals surface area contributed by atoms with Crippen molar-refractivity contribution in [2.45, 2.75) is 24.5 Å². The van der Waals surface area contributed by atoms with Gasteiger partial charge in [0.25, 0.3) is 0 Å². The Kier molecular flexibility index (Phi) is 3.36. The number of pyridine rings is 1. The van der Waals surface area contributed by atoms with E-state index in [1.165, 1.54) is 18.7 Å². The molecule has 80 valence electrons. The second-order valence-electron chi connectivity index (χ2n) is 3.61. The van der Waals surface area contributed by atoms with E-state index in [-0.39, 0.29) is 11.0 Å². The first-order valence-electron chi connectivity index (χ1n) is 5.04. The minimum absolute atomic E-state index is 0.00218. The van der Waals surface area contributed by atoms with Crippen LogP contribution < -0.4 is 0 Å². The number of Topliss-reactive ketones (excluding diaryl/α,β-unsaturated/α-hetero) is 1. The number of halogens is 1. The third kappa shape index (κ3) is 2.56. The number of carbonyl (C=O) groups excluding carboxylic acids is 1. The molecule has 1 aliphatic rings. The average molecular weight is 225 g/mol. The lowest BCUT2D eigenvalue weighted by Gasteiger charge is -2.19. The Labute approximate surface area is 92.3 Å². The first kappa shape index (κ1) is 10.6. The maximum absolute atomic E-state index is 12.9. The number of ketones is 1. The van der Waals surface area contributed by atoms with Gasteiger partial charge in [-0.2, -0.15) is 11.8 Å². The highest BCUT2D eigenvalue weighted by Gasteiger charge is 2.23. The SMILES string of the molecule is O=C(c1cncc(F)c1)C1CCCCS1. The molecular weight excluding hydrogens is 213 g/mol. The van der Waals surface area contributed by atoms with Crippen molar-refractivity contribution in [2.75, 3.05) is 5.75 Å². The van der Waals surface area contributed by atoms with E-state index in [1.807, 2.05) is 0 Å². The molecule has 0 N–H and O–H groups in total. The monoisotopic (exact) mass is 225 g/mol. The second-order valence-corrected chi connectivity index (χ2v) is 4.92. The molecule has 1 atom stereocenters. The van der Waals surface area contributed by atoms with E-state index in [1.54, 1.807) is 11.8 Å². The lowest BCUT2D eigenvalue weighted by atomic mass is 10.1. The van der Waals surface area contributed by atoms with Gasteiger partial charge >= 0.3 is 0 Å². The van der Waals surface area contributed by atoms with Crippen molar-refractivity contribution in [1.82, 2.24) is 4.98 Å². The molecule has 0 spiro atoms. The maximum atomic E-state index is 12.9. The van der Waals surface area contributed by atoms with Gasteiger partial charge in [0.05, 0.1) is 11.4 Å². The van der Waals surface area contributed by atoms with Gasteiger partial charge < -0.3 is 0 Å². The Hall–Kier alpha value is -0.900. The van der Waals surface area contributed by atoms with Crippen LogP contribution in [0.5, 0.6) is 0 Å². The minimum Gasteiger partial charge on any atom is -0.293 e. The van der Waals surface area contributed by atoms with Crippen LogP contribution in [0.3, 0.4) is 0 Å². The molecule has 0 aromatic carbocycles. The third-order valence-corrected chi connectivity index (χ3v) is 3.84. The van der Waals surface area contributed by atoms with Crippen molar-refractivity contribution in [3.63, 3.8) is 0 Å². The van der Waals surface area contributed by atoms with Crippen molar-refractivity contribution in [3.8, 4) is 0 Å². The molecule has 2 rings (SSSR count). The maximum Gasteiger partial charge on any atom is 0.177 e. The highest BCUT2D eigenvalue weighted by molar-refractivity contribution is 8.00. The first-order valence-corrected chi connectivity index (χ1v) is 6.08. The summed E-state index contributed by atoms with van der Waals surface area (Å²) in [5.74, 6) is 0.604. The summed E-state index contributed by atoms with van der Waals surface area (Å²) >= 11 is 1.67. The quantitative estimate of drug-likeness (QED) is 0.725. The minimum atomic E-state index is -0.443. The summed E-state index contributed by atoms with van der Waals surface area (Å²) in [5.41, 5.74) is 0.398. The van der Waals surface area contributed by atoms with Crippen molar-refractivity contribution >= 4 is 17.5 Å². The van der Waals surface area contributed by atoms with Crippen LogP contribution >= 0.6 is 11.8 Å². The number of carbonyl (C=O) groups is 1. The zero-order chi connectivity index (χ0) is 10.7. The van der Waals surface area contributed by atoms with Crippen LogP contribution in [-0.2, 0) is 0 Å². The standard InChI is InChI=1S/C11H12FNOS/c12-9-5-8(6-13-7-9)11(14)10-3-1-2-4-15-10/h5-7,10H,1-4H2. The number of hydrogen-bond donors (Lipinski definition) is 0. The molecule has 0 saturated carbocycles. The lowest BCUT2D eigenvalue weighted by molar-refractivity contribution is 0.0984. The van der Waals surface area contributed by atoms with Gasteiger partial charge in [-0.15, -0.1) is 0 Å². The molecule has 1 fully saturated rings. The fourth-order valence-corrected chi connectivity index (χ4v) is 2.96. The van der Waals surface area contributed by atoms with Crippen molar-refractivity contribution in [2.24, 2.45) is 0 Å². The fourth-order valence-electron chi connectivity index (χ4n) is 1.68. The molecule has 15 heavy (non-hydrogen) atoms. The van der Waals surface area contributed by atoms with Crippen LogP contribution in [0.4, 0.5) is 4.39 Å². The predicted octanol–water partition coefficient (Wildman–Crippen LogP) is 2.69. The highest BCUT2D eigenvalue weighted by Crippen LogP contribution is 2.27. The number of nitrogens with zero attached hydrogens (tertiary/aromatic N) is 1. The van der Waals surface area contributed by atoms with Crippen LogP contribution in [0.25, 0.3) is 0 Å². The highest BCUT2D eigenvalue weighted by atomic mass is 32.2. The molecule has 1 aromatic heterocycles. The van der Waals surface area contributed by atoms with Crippen LogP contribution in [-0.4, -0.2) is 21.8 Å². The number of hydrogen-bond acceptors (Lipinski definition) is 3. The molecule has 2 nitrogen and oxygen atoms in total. The first-order chi connectivity index (χ1) is 7.27. The van der Waals surface area contributed by atoms with Gasteiger partial charge in [0, 0.05) is 11.8 Å². The Morgan fingerprint density at radius 2 is 2.33 bits per heavy atom. The summed E-state index contributed by atoms with van der Waals surface area (Å²) in [6, 6.07) is 1.27. The molecule has 1 saturated heterocycles. The Morgan fingerprint density at radius 3 is 3.00 bits per heavy atom. The molecule has 1 aliphatic heterocycles. The molecule has 1 aromatic rings. The predicted molar refractivity (Wildman–Crippen MR) is 58.6 cm³/mol. The summed E-state index contributed by atoms with van der Waals surface area (Å²) in [4.78, 5) is 15.6. The van der Waals surface area contributed by atoms with Gasteiger partial charge in [0.1, 0.15) is 5.82 Å². The molecular formula is C11H12FNOS. The molecule has 4 heteroatoms. The number of thioether (sulfide) groups is 1. The Morgan fingerprint density at radius 1 is 1.47 bits per heavy atom. The topological polar surface area (TPSA) is 30.0 Å². The molecule has 0 bridgehead atoms. The van der Waals surface area contributed by atoms with Gasteiger partial charge in [-0.05, 0) is 24.7 Å². The Balaban J connectivity index is 2.12. The molecule has 0 aliphatic carbocycles. The van der Waals surface area contributed by atoms with E-state index in [9.17, 15) is 9.18 Å². The van der Waals surface area contributed by atoms with E-state index >= 15 is 0 Å². The van der Waals surface area contributed by atoms with Crippen molar-refractivity contribution in [1.29, 1.82) is 0 Å². The van der Waals surface area contributed by atoms with Crippen molar-refractivity contribution in [3.05, 3.63) is 29.8 Å². The Bertz CT molecular complexity index is 363. The normalized spacial score (nSPS) is 21.3. The van der Waals surface area contributed by atoms with E-state index in [0.717, 1.165) is 24.8 Å². The van der Waals surface area contributed by atoms with Gasteiger partial charge in [0.2, 0.25) is 0 Å². The van der Waals surface area contributed by atoms with Gasteiger partial charge in [0.15, 0.2) is 5.78 Å². The van der Waals surface area contributed by atoms with Crippen molar-refractivity contribution < 1.29 is 9.18 Å². The molecule has 0 amide bonds. The lowest BCUT2D eigenvalue weighted by Crippen LogP contribution is -2.21. The molecule has 2 heterocycles. The molecule has 1 unspecified atom stereocenters. The van der Waals surface area contributed by atoms with Crippen LogP contribution in [0.15, 0.2) is 18.5 Å². The summed E-state index contributed by atoms with van der Waals surface area (Å²) in [7, 11) is 0. The summed E-state index contributed by atoms with van der Waals surface area (Å²) in [6.07, 6.45) is 5.73. The second kappa shape index (κ2) is 4.75. The fraction of sp³-hybridized carbons (Fsp3) is 0.455. The van der Waals surface area contributed by atoms with Crippen LogP contribution in [0.1, 0.15) is 29.6 Å². The van der Waals surface area contributed by atoms with E-state index in [2.05, 4.69) is 4.98 Å². The number of aromatic nitrogens is 1. The van der Waals surface area contributed by atoms with Gasteiger partial charge in [-0.1, -0.05) is 6.42 Å². The smallest absolute Gasteiger partial charge is 0.177 e. The van der Waals surface area contributed by atoms with Gasteiger partial charge in [-0.3, -0.25) is 9.78 Å². The van der Waals surface area contributed by atoms with E-state index in [4.69, 9.17) is 0 Å². The summed E-state index contributed by atoms with van der Waals surface area (Å²) in [5, 5.41) is 0.00218. The summed E-state index contributed by atoms with van der Waals surface area (Å²) in [6.45, 7) is 0. The third-order valence-electron chi connectivity index (χ3n) is 2.46. The van der Waals surface area contributed by atoms with Crippen LogP contribution in [0, 0.1) is 5.82 Å². The van der Waals surface area contributed by atoms with E-state index < -0.39 is 5.82 Å². The summed E-state index contributed by atoms with van der Waals surface area (Å²) < 4.78 is 12.9.